The maximum absolute atomic E-state index is 13.6. The van der Waals surface area contributed by atoms with Crippen LogP contribution in [0.1, 0.15) is 10.4 Å². The standard InChI is InChI=1S/C14H11F2NO5S/c1-22-14(19)8-5-6-10(11(18)7-8)17-23(20,21)12-4-2-3-9(15)13(12)16/h2-7,17-18H,1H3. The fourth-order valence-corrected chi connectivity index (χ4v) is 2.92. The molecule has 9 heteroatoms. The number of carbonyl (C=O) groups is 1. The molecule has 0 amide bonds. The van der Waals surface area contributed by atoms with Crippen LogP contribution in [0, 0.1) is 11.6 Å². The Morgan fingerprint density at radius 1 is 1.22 bits per heavy atom. The lowest BCUT2D eigenvalue weighted by Gasteiger charge is -2.11. The van der Waals surface area contributed by atoms with E-state index in [9.17, 15) is 27.1 Å². The molecule has 2 aromatic rings. The molecule has 0 unspecified atom stereocenters. The summed E-state index contributed by atoms with van der Waals surface area (Å²) in [5.41, 5.74) is -0.314. The number of phenolic OH excluding ortho intramolecular Hbond substituents is 1. The maximum atomic E-state index is 13.6. The number of methoxy groups -OCH3 is 1. The van der Waals surface area contributed by atoms with Crippen LogP contribution < -0.4 is 4.72 Å². The van der Waals surface area contributed by atoms with Crippen LogP contribution in [0.2, 0.25) is 0 Å². The van der Waals surface area contributed by atoms with Gasteiger partial charge in [0.15, 0.2) is 11.6 Å². The fraction of sp³-hybridized carbons (Fsp3) is 0.0714. The van der Waals surface area contributed by atoms with Crippen molar-refractivity contribution in [2.24, 2.45) is 0 Å². The van der Waals surface area contributed by atoms with Gasteiger partial charge in [-0.3, -0.25) is 4.72 Å². The summed E-state index contributed by atoms with van der Waals surface area (Å²) < 4.78 is 57.3. The first-order valence-corrected chi connectivity index (χ1v) is 7.62. The van der Waals surface area contributed by atoms with Crippen LogP contribution in [0.4, 0.5) is 14.5 Å². The van der Waals surface area contributed by atoms with Gasteiger partial charge >= 0.3 is 5.97 Å². The highest BCUT2D eigenvalue weighted by molar-refractivity contribution is 7.92. The van der Waals surface area contributed by atoms with Crippen molar-refractivity contribution < 1.29 is 31.8 Å². The predicted molar refractivity (Wildman–Crippen MR) is 76.6 cm³/mol. The third kappa shape index (κ3) is 3.39. The van der Waals surface area contributed by atoms with Gasteiger partial charge in [0.2, 0.25) is 0 Å². The Kier molecular flexibility index (Phi) is 4.50. The molecule has 0 aromatic heterocycles. The fourth-order valence-electron chi connectivity index (χ4n) is 1.75. The summed E-state index contributed by atoms with van der Waals surface area (Å²) in [7, 11) is -3.33. The summed E-state index contributed by atoms with van der Waals surface area (Å²) in [5.74, 6) is -4.16. The van der Waals surface area contributed by atoms with E-state index in [0.717, 1.165) is 37.4 Å². The molecule has 0 fully saturated rings. The maximum Gasteiger partial charge on any atom is 0.337 e. The van der Waals surface area contributed by atoms with Crippen LogP contribution in [-0.2, 0) is 14.8 Å². The number of carbonyl (C=O) groups excluding carboxylic acids is 1. The third-order valence-electron chi connectivity index (χ3n) is 2.87. The van der Waals surface area contributed by atoms with E-state index in [1.165, 1.54) is 6.07 Å². The Labute approximate surface area is 130 Å². The van der Waals surface area contributed by atoms with Crippen molar-refractivity contribution in [2.75, 3.05) is 11.8 Å². The van der Waals surface area contributed by atoms with Crippen molar-refractivity contribution >= 4 is 21.7 Å². The second-order valence-corrected chi connectivity index (χ2v) is 6.03. The van der Waals surface area contributed by atoms with E-state index < -0.39 is 38.3 Å². The minimum Gasteiger partial charge on any atom is -0.506 e. The molecule has 0 saturated carbocycles. The van der Waals surface area contributed by atoms with Crippen LogP contribution in [0.3, 0.4) is 0 Å². The quantitative estimate of drug-likeness (QED) is 0.656. The molecule has 2 rings (SSSR count). The number of rotatable bonds is 4. The number of nitrogens with one attached hydrogen (secondary N) is 1. The molecule has 2 aromatic carbocycles. The predicted octanol–water partition coefficient (Wildman–Crippen LogP) is 2.26. The molecule has 0 atom stereocenters. The molecule has 0 aliphatic rings. The van der Waals surface area contributed by atoms with Gasteiger partial charge < -0.3 is 9.84 Å². The van der Waals surface area contributed by atoms with Crippen LogP contribution in [-0.4, -0.2) is 26.6 Å². The minimum atomic E-state index is -4.47. The molecular formula is C14H11F2NO5S. The molecule has 6 nitrogen and oxygen atoms in total. The third-order valence-corrected chi connectivity index (χ3v) is 4.25. The van der Waals surface area contributed by atoms with Gasteiger partial charge in [-0.1, -0.05) is 6.07 Å². The van der Waals surface area contributed by atoms with Crippen LogP contribution in [0.25, 0.3) is 0 Å². The monoisotopic (exact) mass is 343 g/mol. The van der Waals surface area contributed by atoms with E-state index in [1.807, 2.05) is 4.72 Å². The van der Waals surface area contributed by atoms with Crippen molar-refractivity contribution in [2.45, 2.75) is 4.90 Å². The van der Waals surface area contributed by atoms with Gasteiger partial charge in [-0.15, -0.1) is 0 Å². The van der Waals surface area contributed by atoms with Crippen molar-refractivity contribution in [3.8, 4) is 5.75 Å². The first kappa shape index (κ1) is 16.7. The first-order valence-electron chi connectivity index (χ1n) is 6.14. The van der Waals surface area contributed by atoms with Gasteiger partial charge in [-0.25, -0.2) is 22.0 Å². The van der Waals surface area contributed by atoms with Gasteiger partial charge in [0.05, 0.1) is 18.4 Å². The second-order valence-electron chi connectivity index (χ2n) is 4.38. The average molecular weight is 343 g/mol. The van der Waals surface area contributed by atoms with Crippen LogP contribution >= 0.6 is 0 Å². The number of benzene rings is 2. The molecule has 23 heavy (non-hydrogen) atoms. The molecular weight excluding hydrogens is 332 g/mol. The highest BCUT2D eigenvalue weighted by Crippen LogP contribution is 2.28. The molecule has 0 saturated heterocycles. The number of hydrogen-bond donors (Lipinski definition) is 2. The van der Waals surface area contributed by atoms with Gasteiger partial charge in [-0.2, -0.15) is 0 Å². The van der Waals surface area contributed by atoms with E-state index in [-0.39, 0.29) is 11.3 Å². The van der Waals surface area contributed by atoms with E-state index in [0.29, 0.717) is 0 Å². The second kappa shape index (κ2) is 6.21. The zero-order chi connectivity index (χ0) is 17.2. The summed E-state index contributed by atoms with van der Waals surface area (Å²) in [4.78, 5) is 10.4. The van der Waals surface area contributed by atoms with Gasteiger partial charge in [0, 0.05) is 0 Å². The number of anilines is 1. The molecule has 2 N–H and O–H groups in total. The molecule has 0 heterocycles. The van der Waals surface area contributed by atoms with Crippen molar-refractivity contribution in [1.82, 2.24) is 0 Å². The Morgan fingerprint density at radius 3 is 2.52 bits per heavy atom. The smallest absolute Gasteiger partial charge is 0.337 e. The van der Waals surface area contributed by atoms with E-state index >= 15 is 0 Å². The van der Waals surface area contributed by atoms with Crippen molar-refractivity contribution in [1.29, 1.82) is 0 Å². The summed E-state index contributed by atoms with van der Waals surface area (Å²) in [6.45, 7) is 0. The molecule has 0 aliphatic heterocycles. The van der Waals surface area contributed by atoms with Crippen molar-refractivity contribution in [3.05, 3.63) is 53.6 Å². The van der Waals surface area contributed by atoms with Gasteiger partial charge in [-0.05, 0) is 30.3 Å². The normalized spacial score (nSPS) is 11.1. The Hall–Kier alpha value is -2.68. The molecule has 122 valence electrons. The number of phenols is 1. The molecule has 0 bridgehead atoms. The largest absolute Gasteiger partial charge is 0.506 e. The summed E-state index contributed by atoms with van der Waals surface area (Å²) >= 11 is 0. The Morgan fingerprint density at radius 2 is 1.91 bits per heavy atom. The van der Waals surface area contributed by atoms with Crippen LogP contribution in [0.15, 0.2) is 41.3 Å². The van der Waals surface area contributed by atoms with E-state index in [1.54, 1.807) is 0 Å². The lowest BCUT2D eigenvalue weighted by atomic mass is 10.2. The van der Waals surface area contributed by atoms with Crippen molar-refractivity contribution in [3.63, 3.8) is 0 Å². The average Bonchev–Trinajstić information content (AvgIpc) is 2.50. The number of halogens is 2. The highest BCUT2D eigenvalue weighted by atomic mass is 32.2. The zero-order valence-electron chi connectivity index (χ0n) is 11.7. The first-order chi connectivity index (χ1) is 10.8. The number of hydrogen-bond acceptors (Lipinski definition) is 5. The lowest BCUT2D eigenvalue weighted by molar-refractivity contribution is 0.0600. The van der Waals surface area contributed by atoms with E-state index in [2.05, 4.69) is 4.74 Å². The lowest BCUT2D eigenvalue weighted by Crippen LogP contribution is -2.15. The van der Waals surface area contributed by atoms with Gasteiger partial charge in [0.25, 0.3) is 10.0 Å². The number of sulfonamides is 1. The molecule has 0 radical (unpaired) electrons. The Bertz CT molecular complexity index is 867. The minimum absolute atomic E-state index is 0.00937. The van der Waals surface area contributed by atoms with Crippen LogP contribution in [0.5, 0.6) is 5.75 Å². The topological polar surface area (TPSA) is 92.7 Å². The number of ether oxygens (including phenoxy) is 1. The SMILES string of the molecule is COC(=O)c1ccc(NS(=O)(=O)c2cccc(F)c2F)c(O)c1. The molecule has 0 spiro atoms. The number of esters is 1. The summed E-state index contributed by atoms with van der Waals surface area (Å²) in [5, 5.41) is 9.77. The van der Waals surface area contributed by atoms with Gasteiger partial charge in [0.1, 0.15) is 10.6 Å². The van der Waals surface area contributed by atoms with E-state index in [4.69, 9.17) is 0 Å². The summed E-state index contributed by atoms with van der Waals surface area (Å²) in [6.07, 6.45) is 0. The zero-order valence-corrected chi connectivity index (χ0v) is 12.5. The highest BCUT2D eigenvalue weighted by Gasteiger charge is 2.23. The number of aromatic hydroxyl groups is 1. The summed E-state index contributed by atoms with van der Waals surface area (Å²) in [6, 6.07) is 5.96. The molecule has 0 aliphatic carbocycles. The Balaban J connectivity index is 2.38.